The molecule has 0 aliphatic rings. The van der Waals surface area contributed by atoms with Crippen LogP contribution in [-0.2, 0) is 7.05 Å². The topological polar surface area (TPSA) is 51.3 Å². The number of carbonyl (C=O) groups excluding carboxylic acids is 1. The SMILES string of the molecule is C[C@@H](c1ccon1)N(C)C(=O)c1ccc2ccn(C)c2c1. The minimum absolute atomic E-state index is 0.0337. The summed E-state index contributed by atoms with van der Waals surface area (Å²) in [7, 11) is 3.75. The van der Waals surface area contributed by atoms with E-state index in [1.807, 2.05) is 49.0 Å². The minimum atomic E-state index is -0.139. The Hall–Kier alpha value is -2.56. The number of aromatic nitrogens is 2. The molecule has 0 fully saturated rings. The number of hydrogen-bond acceptors (Lipinski definition) is 3. The van der Waals surface area contributed by atoms with E-state index in [9.17, 15) is 4.79 Å². The van der Waals surface area contributed by atoms with Crippen LogP contribution in [-0.4, -0.2) is 27.6 Å². The smallest absolute Gasteiger partial charge is 0.254 e. The highest BCUT2D eigenvalue weighted by molar-refractivity contribution is 5.98. The van der Waals surface area contributed by atoms with Gasteiger partial charge in [-0.15, -0.1) is 0 Å². The highest BCUT2D eigenvalue weighted by Crippen LogP contribution is 2.22. The van der Waals surface area contributed by atoms with Crippen LogP contribution in [0.5, 0.6) is 0 Å². The van der Waals surface area contributed by atoms with Crippen molar-refractivity contribution in [1.29, 1.82) is 0 Å². The molecule has 0 bridgehead atoms. The van der Waals surface area contributed by atoms with Gasteiger partial charge in [-0.05, 0) is 30.5 Å². The molecule has 1 amide bonds. The standard InChI is InChI=1S/C16H17N3O2/c1-11(14-7-9-21-17-14)19(3)16(20)13-5-4-12-6-8-18(2)15(12)10-13/h4-11H,1-3H3/t11-/m0/s1. The fourth-order valence-corrected chi connectivity index (χ4v) is 2.41. The number of rotatable bonds is 3. The van der Waals surface area contributed by atoms with Crippen molar-refractivity contribution >= 4 is 16.8 Å². The van der Waals surface area contributed by atoms with E-state index in [4.69, 9.17) is 4.52 Å². The molecule has 0 aliphatic carbocycles. The summed E-state index contributed by atoms with van der Waals surface area (Å²) in [6, 6.07) is 9.41. The maximum atomic E-state index is 12.6. The van der Waals surface area contributed by atoms with Crippen molar-refractivity contribution in [2.45, 2.75) is 13.0 Å². The van der Waals surface area contributed by atoms with E-state index in [1.165, 1.54) is 6.26 Å². The van der Waals surface area contributed by atoms with Crippen LogP contribution < -0.4 is 0 Å². The van der Waals surface area contributed by atoms with E-state index in [1.54, 1.807) is 18.0 Å². The second kappa shape index (κ2) is 5.09. The van der Waals surface area contributed by atoms with Gasteiger partial charge in [-0.1, -0.05) is 11.2 Å². The van der Waals surface area contributed by atoms with Crippen molar-refractivity contribution < 1.29 is 9.32 Å². The fraction of sp³-hybridized carbons (Fsp3) is 0.250. The third kappa shape index (κ3) is 2.31. The van der Waals surface area contributed by atoms with Gasteiger partial charge in [0.15, 0.2) is 0 Å². The average Bonchev–Trinajstić information content (AvgIpc) is 3.15. The van der Waals surface area contributed by atoms with E-state index in [0.29, 0.717) is 5.56 Å². The molecule has 0 unspecified atom stereocenters. The van der Waals surface area contributed by atoms with Gasteiger partial charge in [0, 0.05) is 37.4 Å². The molecule has 2 aromatic heterocycles. The molecule has 3 aromatic rings. The van der Waals surface area contributed by atoms with Crippen LogP contribution in [0.3, 0.4) is 0 Å². The summed E-state index contributed by atoms with van der Waals surface area (Å²) in [5.41, 5.74) is 2.45. The van der Waals surface area contributed by atoms with Crippen LogP contribution in [0.15, 0.2) is 47.3 Å². The number of amides is 1. The molecule has 0 radical (unpaired) electrons. The summed E-state index contributed by atoms with van der Waals surface area (Å²) in [6.45, 7) is 1.93. The molecular weight excluding hydrogens is 266 g/mol. The first kappa shape index (κ1) is 13.4. The molecule has 3 rings (SSSR count). The predicted molar refractivity (Wildman–Crippen MR) is 79.9 cm³/mol. The lowest BCUT2D eigenvalue weighted by Gasteiger charge is -2.23. The average molecular weight is 283 g/mol. The van der Waals surface area contributed by atoms with Gasteiger partial charge in [-0.3, -0.25) is 4.79 Å². The molecule has 5 nitrogen and oxygen atoms in total. The molecule has 108 valence electrons. The number of aryl methyl sites for hydroxylation is 1. The van der Waals surface area contributed by atoms with E-state index >= 15 is 0 Å². The maximum Gasteiger partial charge on any atom is 0.254 e. The molecule has 21 heavy (non-hydrogen) atoms. The van der Waals surface area contributed by atoms with Crippen molar-refractivity contribution in [2.24, 2.45) is 7.05 Å². The summed E-state index contributed by atoms with van der Waals surface area (Å²) in [5.74, 6) is -0.0337. The van der Waals surface area contributed by atoms with Crippen LogP contribution >= 0.6 is 0 Å². The predicted octanol–water partition coefficient (Wildman–Crippen LogP) is 3.00. The van der Waals surface area contributed by atoms with Crippen LogP contribution in [0.1, 0.15) is 29.0 Å². The zero-order valence-electron chi connectivity index (χ0n) is 12.3. The molecule has 2 heterocycles. The normalized spacial score (nSPS) is 12.5. The quantitative estimate of drug-likeness (QED) is 0.742. The molecule has 0 saturated heterocycles. The first-order valence-corrected chi connectivity index (χ1v) is 6.80. The van der Waals surface area contributed by atoms with E-state index in [0.717, 1.165) is 16.6 Å². The third-order valence-electron chi connectivity index (χ3n) is 3.92. The summed E-state index contributed by atoms with van der Waals surface area (Å²) < 4.78 is 6.85. The zero-order valence-corrected chi connectivity index (χ0v) is 12.3. The largest absolute Gasteiger partial charge is 0.364 e. The molecule has 5 heteroatoms. The Kier molecular flexibility index (Phi) is 3.25. The molecular formula is C16H17N3O2. The maximum absolute atomic E-state index is 12.6. The van der Waals surface area contributed by atoms with Crippen molar-refractivity contribution in [3.63, 3.8) is 0 Å². The molecule has 1 aromatic carbocycles. The third-order valence-corrected chi connectivity index (χ3v) is 3.92. The van der Waals surface area contributed by atoms with Crippen molar-refractivity contribution in [1.82, 2.24) is 14.6 Å². The Labute approximate surface area is 122 Å². The fourth-order valence-electron chi connectivity index (χ4n) is 2.41. The Morgan fingerprint density at radius 1 is 1.33 bits per heavy atom. The van der Waals surface area contributed by atoms with Crippen LogP contribution in [0.25, 0.3) is 10.9 Å². The molecule has 0 N–H and O–H groups in total. The van der Waals surface area contributed by atoms with Gasteiger partial charge < -0.3 is 14.0 Å². The van der Waals surface area contributed by atoms with Gasteiger partial charge >= 0.3 is 0 Å². The van der Waals surface area contributed by atoms with Gasteiger partial charge in [-0.2, -0.15) is 0 Å². The van der Waals surface area contributed by atoms with E-state index in [2.05, 4.69) is 5.16 Å². The Balaban J connectivity index is 1.90. The zero-order chi connectivity index (χ0) is 15.0. The number of carbonyl (C=O) groups is 1. The highest BCUT2D eigenvalue weighted by Gasteiger charge is 2.21. The van der Waals surface area contributed by atoms with Gasteiger partial charge in [0.05, 0.1) is 6.04 Å². The second-order valence-corrected chi connectivity index (χ2v) is 5.22. The van der Waals surface area contributed by atoms with Crippen molar-refractivity contribution in [3.05, 3.63) is 54.0 Å². The lowest BCUT2D eigenvalue weighted by atomic mass is 10.1. The number of benzene rings is 1. The Bertz CT molecular complexity index is 774. The number of fused-ring (bicyclic) bond motifs is 1. The van der Waals surface area contributed by atoms with Gasteiger partial charge in [0.25, 0.3) is 5.91 Å². The first-order valence-electron chi connectivity index (χ1n) is 6.80. The van der Waals surface area contributed by atoms with Crippen molar-refractivity contribution in [3.8, 4) is 0 Å². The summed E-state index contributed by atoms with van der Waals surface area (Å²) >= 11 is 0. The van der Waals surface area contributed by atoms with Crippen LogP contribution in [0, 0.1) is 0 Å². The summed E-state index contributed by atoms with van der Waals surface area (Å²) in [4.78, 5) is 14.3. The summed E-state index contributed by atoms with van der Waals surface area (Å²) in [5, 5.41) is 5.02. The molecule has 0 saturated carbocycles. The summed E-state index contributed by atoms with van der Waals surface area (Å²) in [6.07, 6.45) is 3.50. The number of hydrogen-bond donors (Lipinski definition) is 0. The first-order chi connectivity index (χ1) is 10.1. The van der Waals surface area contributed by atoms with Crippen LogP contribution in [0.4, 0.5) is 0 Å². The van der Waals surface area contributed by atoms with E-state index in [-0.39, 0.29) is 11.9 Å². The molecule has 0 aliphatic heterocycles. The number of nitrogens with zero attached hydrogens (tertiary/aromatic N) is 3. The highest BCUT2D eigenvalue weighted by atomic mass is 16.5. The van der Waals surface area contributed by atoms with Gasteiger partial charge in [0.2, 0.25) is 0 Å². The monoisotopic (exact) mass is 283 g/mol. The molecule has 0 spiro atoms. The minimum Gasteiger partial charge on any atom is -0.364 e. The Morgan fingerprint density at radius 2 is 2.14 bits per heavy atom. The lowest BCUT2D eigenvalue weighted by Crippen LogP contribution is -2.29. The molecule has 1 atom stereocenters. The lowest BCUT2D eigenvalue weighted by molar-refractivity contribution is 0.0738. The van der Waals surface area contributed by atoms with E-state index < -0.39 is 0 Å². The van der Waals surface area contributed by atoms with Crippen LogP contribution in [0.2, 0.25) is 0 Å². The van der Waals surface area contributed by atoms with Gasteiger partial charge in [-0.25, -0.2) is 0 Å². The van der Waals surface area contributed by atoms with Gasteiger partial charge in [0.1, 0.15) is 12.0 Å². The Morgan fingerprint density at radius 3 is 2.86 bits per heavy atom. The van der Waals surface area contributed by atoms with Crippen molar-refractivity contribution in [2.75, 3.05) is 7.05 Å². The second-order valence-electron chi connectivity index (χ2n) is 5.22.